The smallest absolute Gasteiger partial charge is 0.338 e. The summed E-state index contributed by atoms with van der Waals surface area (Å²) in [6, 6.07) is 5.19. The topological polar surface area (TPSA) is 172 Å². The van der Waals surface area contributed by atoms with Gasteiger partial charge in [-0.1, -0.05) is 6.07 Å². The van der Waals surface area contributed by atoms with E-state index in [0.717, 1.165) is 16.7 Å². The van der Waals surface area contributed by atoms with Gasteiger partial charge in [-0.2, -0.15) is 5.26 Å². The first-order chi connectivity index (χ1) is 26.5. The number of phenols is 2. The number of hydrogen-bond donors (Lipinski definition) is 3. The molecule has 1 unspecified atom stereocenters. The summed E-state index contributed by atoms with van der Waals surface area (Å²) in [6.45, 7) is 3.87. The van der Waals surface area contributed by atoms with E-state index in [4.69, 9.17) is 28.4 Å². The number of carbonyl (C=O) groups is 2. The number of methoxy groups -OCH3 is 3. The standard InChI is InChI=1S/C40H42N4O10S/c1-17-9-20-10-22-23(13-41)44-24-14-52-39(48)40(21-12-26(49-4)25(45)11-19(21)7-8-42-40)15-55-37(32(44)31(43(22)3)28(20)33(46)34(17)50-5)30-27(38(47)51-6)18(2)35-36(29(24)30)54-16-53-35/h9,11-12,22-24,31-32,37,42,45-46H,7-8,10,14-16H2,1-6H3/t22-,23-,24-,31+,32+,37?,40-/m0/s1. The lowest BCUT2D eigenvalue weighted by Crippen LogP contribution is -2.69. The monoisotopic (exact) mass is 770 g/mol. The van der Waals surface area contributed by atoms with Crippen molar-refractivity contribution in [1.82, 2.24) is 15.1 Å². The second-order valence-corrected chi connectivity index (χ2v) is 16.2. The largest absolute Gasteiger partial charge is 0.504 e. The summed E-state index contributed by atoms with van der Waals surface area (Å²) in [4.78, 5) is 33.1. The van der Waals surface area contributed by atoms with Crippen molar-refractivity contribution >= 4 is 23.7 Å². The molecule has 0 radical (unpaired) electrons. The van der Waals surface area contributed by atoms with Crippen molar-refractivity contribution in [3.8, 4) is 40.6 Å². The molecule has 4 bridgehead atoms. The summed E-state index contributed by atoms with van der Waals surface area (Å²) in [6.07, 6.45) is 1.04. The van der Waals surface area contributed by atoms with E-state index in [0.29, 0.717) is 70.0 Å². The Morgan fingerprint density at radius 1 is 1.05 bits per heavy atom. The first-order valence-corrected chi connectivity index (χ1v) is 19.3. The highest BCUT2D eigenvalue weighted by Crippen LogP contribution is 2.63. The van der Waals surface area contributed by atoms with Crippen molar-refractivity contribution < 1.29 is 48.2 Å². The normalized spacial score (nSPS) is 28.9. The van der Waals surface area contributed by atoms with Gasteiger partial charge < -0.3 is 38.6 Å². The van der Waals surface area contributed by atoms with Gasteiger partial charge in [0.15, 0.2) is 40.0 Å². The molecule has 0 saturated carbocycles. The third-order valence-corrected chi connectivity index (χ3v) is 14.1. The van der Waals surface area contributed by atoms with Gasteiger partial charge in [0.2, 0.25) is 6.79 Å². The Morgan fingerprint density at radius 3 is 2.56 bits per heavy atom. The predicted molar refractivity (Wildman–Crippen MR) is 198 cm³/mol. The number of aromatic hydroxyl groups is 2. The minimum Gasteiger partial charge on any atom is -0.504 e. The molecule has 2 saturated heterocycles. The highest BCUT2D eigenvalue weighted by Gasteiger charge is 2.62. The molecule has 55 heavy (non-hydrogen) atoms. The van der Waals surface area contributed by atoms with Crippen LogP contribution in [0.5, 0.6) is 34.5 Å². The van der Waals surface area contributed by atoms with E-state index in [2.05, 4.69) is 21.2 Å². The van der Waals surface area contributed by atoms with Crippen molar-refractivity contribution in [2.24, 2.45) is 0 Å². The molecule has 7 aliphatic rings. The highest BCUT2D eigenvalue weighted by atomic mass is 32.2. The summed E-state index contributed by atoms with van der Waals surface area (Å²) in [5.74, 6) is 0.525. The summed E-state index contributed by atoms with van der Waals surface area (Å²) < 4.78 is 35.4. The van der Waals surface area contributed by atoms with Crippen LogP contribution in [0.1, 0.15) is 72.2 Å². The summed E-state index contributed by atoms with van der Waals surface area (Å²) >= 11 is 1.46. The van der Waals surface area contributed by atoms with Crippen LogP contribution in [0.4, 0.5) is 0 Å². The Labute approximate surface area is 322 Å². The number of esters is 2. The van der Waals surface area contributed by atoms with Crippen molar-refractivity contribution in [2.75, 3.05) is 54.1 Å². The number of likely N-dealkylation sites (N-methyl/N-ethyl adjacent to an activating group) is 1. The number of nitriles is 1. The molecule has 0 aliphatic carbocycles. The Hall–Kier alpha value is -4.88. The zero-order valence-electron chi connectivity index (χ0n) is 31.3. The van der Waals surface area contributed by atoms with E-state index >= 15 is 0 Å². The Bertz CT molecular complexity index is 2220. The lowest BCUT2D eigenvalue weighted by Gasteiger charge is -2.62. The average molecular weight is 771 g/mol. The van der Waals surface area contributed by atoms with Crippen LogP contribution in [0.15, 0.2) is 18.2 Å². The van der Waals surface area contributed by atoms with E-state index in [1.54, 1.807) is 12.1 Å². The molecule has 1 spiro atoms. The fraction of sp³-hybridized carbons (Fsp3) is 0.475. The molecular weight excluding hydrogens is 729 g/mol. The predicted octanol–water partition coefficient (Wildman–Crippen LogP) is 3.85. The van der Waals surface area contributed by atoms with Gasteiger partial charge in [-0.05, 0) is 73.7 Å². The molecule has 0 aromatic heterocycles. The van der Waals surface area contributed by atoms with Gasteiger partial charge in [-0.3, -0.25) is 15.1 Å². The molecule has 3 aromatic rings. The number of ether oxygens (including phenoxy) is 6. The molecule has 15 heteroatoms. The molecule has 7 heterocycles. The minimum atomic E-state index is -1.37. The molecule has 0 amide bonds. The lowest BCUT2D eigenvalue weighted by molar-refractivity contribution is -0.157. The van der Waals surface area contributed by atoms with E-state index in [1.165, 1.54) is 33.1 Å². The van der Waals surface area contributed by atoms with Crippen LogP contribution >= 0.6 is 11.8 Å². The number of nitrogens with zero attached hydrogens (tertiary/aromatic N) is 3. The first-order valence-electron chi connectivity index (χ1n) is 18.3. The number of nitrogens with one attached hydrogen (secondary N) is 1. The number of thioether (sulfide) groups is 1. The molecule has 7 aliphatic heterocycles. The van der Waals surface area contributed by atoms with Crippen LogP contribution in [0.3, 0.4) is 0 Å². The van der Waals surface area contributed by atoms with Crippen LogP contribution in [-0.4, -0.2) is 104 Å². The maximum atomic E-state index is 14.8. The number of aryl methyl sites for hydroxylation is 1. The number of piperazine rings is 1. The van der Waals surface area contributed by atoms with Crippen LogP contribution in [0.2, 0.25) is 0 Å². The van der Waals surface area contributed by atoms with Crippen LogP contribution in [0, 0.1) is 25.2 Å². The number of hydrogen-bond acceptors (Lipinski definition) is 15. The van der Waals surface area contributed by atoms with E-state index in [-0.39, 0.29) is 42.4 Å². The molecule has 2 fully saturated rings. The van der Waals surface area contributed by atoms with Crippen LogP contribution < -0.4 is 24.3 Å². The van der Waals surface area contributed by atoms with E-state index in [1.807, 2.05) is 27.0 Å². The molecule has 288 valence electrons. The van der Waals surface area contributed by atoms with Crippen LogP contribution in [0.25, 0.3) is 0 Å². The number of carbonyl (C=O) groups excluding carboxylic acids is 2. The molecule has 3 aromatic carbocycles. The average Bonchev–Trinajstić information content (AvgIpc) is 3.67. The summed E-state index contributed by atoms with van der Waals surface area (Å²) in [5.41, 5.74) is 4.61. The van der Waals surface area contributed by atoms with Crippen LogP contribution in [-0.2, 0) is 32.6 Å². The second-order valence-electron chi connectivity index (χ2n) is 15.0. The van der Waals surface area contributed by atoms with Gasteiger partial charge in [0.1, 0.15) is 12.6 Å². The van der Waals surface area contributed by atoms with E-state index < -0.39 is 46.9 Å². The fourth-order valence-electron chi connectivity index (χ4n) is 10.3. The third kappa shape index (κ3) is 4.78. The summed E-state index contributed by atoms with van der Waals surface area (Å²) in [7, 11) is 6.32. The van der Waals surface area contributed by atoms with Gasteiger partial charge in [0, 0.05) is 46.3 Å². The lowest BCUT2D eigenvalue weighted by atomic mass is 9.70. The number of phenolic OH excluding ortho intramolecular Hbond substituents is 2. The molecule has 3 N–H and O–H groups in total. The zero-order chi connectivity index (χ0) is 38.7. The first kappa shape index (κ1) is 35.8. The molecule has 14 nitrogen and oxygen atoms in total. The van der Waals surface area contributed by atoms with Gasteiger partial charge in [0.25, 0.3) is 0 Å². The Kier molecular flexibility index (Phi) is 8.36. The van der Waals surface area contributed by atoms with Crippen molar-refractivity contribution in [1.29, 1.82) is 5.26 Å². The van der Waals surface area contributed by atoms with Gasteiger partial charge in [0.05, 0.1) is 45.0 Å². The van der Waals surface area contributed by atoms with Crippen molar-refractivity contribution in [3.63, 3.8) is 0 Å². The number of benzene rings is 3. The zero-order valence-corrected chi connectivity index (χ0v) is 32.2. The molecule has 10 rings (SSSR count). The molecule has 7 atom stereocenters. The number of fused-ring (bicyclic) bond motifs is 9. The third-order valence-electron chi connectivity index (χ3n) is 12.6. The summed E-state index contributed by atoms with van der Waals surface area (Å²) in [5, 5.41) is 36.8. The molecular formula is C40H42N4O10S. The maximum Gasteiger partial charge on any atom is 0.338 e. The van der Waals surface area contributed by atoms with Gasteiger partial charge in [-0.25, -0.2) is 9.59 Å². The van der Waals surface area contributed by atoms with Crippen molar-refractivity contribution in [2.45, 2.75) is 67.7 Å². The van der Waals surface area contributed by atoms with Crippen molar-refractivity contribution in [3.05, 3.63) is 68.3 Å². The quantitative estimate of drug-likeness (QED) is 0.328. The highest BCUT2D eigenvalue weighted by molar-refractivity contribution is 7.99. The van der Waals surface area contributed by atoms with E-state index in [9.17, 15) is 25.1 Å². The Balaban J connectivity index is 1.34. The Morgan fingerprint density at radius 2 is 1.84 bits per heavy atom. The second kappa shape index (κ2) is 12.8. The van der Waals surface area contributed by atoms with Gasteiger partial charge in [-0.15, -0.1) is 11.8 Å². The van der Waals surface area contributed by atoms with Gasteiger partial charge >= 0.3 is 11.9 Å². The maximum absolute atomic E-state index is 14.8. The number of rotatable bonds is 3. The fourth-order valence-corrected chi connectivity index (χ4v) is 12.0. The minimum absolute atomic E-state index is 0.0270. The SMILES string of the molecule is COC(=O)c1c(C)c2c(c3c1C1SC[C@@]4(NCCc5cc(O)c(OC)cc54)C(=O)OC[C@@H]3N3[C@@H](C#N)[C@@H]4Cc5cc(C)c(OC)c(O)c5[C@H]([C@H]13)N4C)OCO2.